The van der Waals surface area contributed by atoms with Crippen molar-refractivity contribution in [3.63, 3.8) is 0 Å². The Labute approximate surface area is 245 Å². The fourth-order valence-corrected chi connectivity index (χ4v) is 5.34. The van der Waals surface area contributed by atoms with Gasteiger partial charge in [-0.25, -0.2) is 13.4 Å². The van der Waals surface area contributed by atoms with Crippen LogP contribution in [0.3, 0.4) is 0 Å². The lowest BCUT2D eigenvalue weighted by Crippen LogP contribution is -2.51. The molecule has 14 heteroatoms. The van der Waals surface area contributed by atoms with E-state index in [4.69, 9.17) is 20.2 Å². The molecule has 1 saturated heterocycles. The summed E-state index contributed by atoms with van der Waals surface area (Å²) in [7, 11) is -1.04. The highest BCUT2D eigenvalue weighted by atomic mass is 32.2. The first kappa shape index (κ1) is 29.3. The number of carbonyl (C=O) groups is 1. The Balaban J connectivity index is 1.46. The number of piperazine rings is 1. The second-order valence-electron chi connectivity index (χ2n) is 11.0. The van der Waals surface area contributed by atoms with Crippen LogP contribution in [0.2, 0.25) is 0 Å². The second kappa shape index (κ2) is 11.6. The monoisotopic (exact) mass is 596 g/mol. The molecule has 0 unspecified atom stereocenters. The Morgan fingerprint density at radius 2 is 1.88 bits per heavy atom. The van der Waals surface area contributed by atoms with Gasteiger partial charge in [-0.15, -0.1) is 0 Å². The molecule has 1 aromatic carbocycles. The first-order valence-corrected chi connectivity index (χ1v) is 15.7. The highest BCUT2D eigenvalue weighted by molar-refractivity contribution is 7.90. The third-order valence-corrected chi connectivity index (χ3v) is 8.01. The van der Waals surface area contributed by atoms with Crippen molar-refractivity contribution in [2.24, 2.45) is 0 Å². The first-order chi connectivity index (χ1) is 19.9. The molecule has 0 saturated carbocycles. The van der Waals surface area contributed by atoms with Gasteiger partial charge in [-0.2, -0.15) is 9.97 Å². The van der Waals surface area contributed by atoms with Crippen LogP contribution in [0.15, 0.2) is 42.6 Å². The number of benzene rings is 1. The van der Waals surface area contributed by atoms with Gasteiger partial charge in [0.25, 0.3) is 5.91 Å². The van der Waals surface area contributed by atoms with E-state index in [9.17, 15) is 13.2 Å². The van der Waals surface area contributed by atoms with Gasteiger partial charge in [-0.3, -0.25) is 9.69 Å². The topological polar surface area (TPSA) is 156 Å². The van der Waals surface area contributed by atoms with Gasteiger partial charge in [-0.05, 0) is 57.6 Å². The van der Waals surface area contributed by atoms with E-state index in [1.807, 2.05) is 12.1 Å². The molecular formula is C28H36N8O5S. The minimum atomic E-state index is -3.12. The smallest absolute Gasteiger partial charge is 0.276 e. The van der Waals surface area contributed by atoms with Crippen LogP contribution in [0.1, 0.15) is 20.3 Å². The third kappa shape index (κ3) is 6.65. The third-order valence-electron chi connectivity index (χ3n) is 6.98. The van der Waals surface area contributed by atoms with Gasteiger partial charge in [0, 0.05) is 38.1 Å². The maximum absolute atomic E-state index is 13.5. The summed E-state index contributed by atoms with van der Waals surface area (Å²) < 4.78 is 35.2. The largest absolute Gasteiger partial charge is 0.476 e. The molecule has 42 heavy (non-hydrogen) atoms. The van der Waals surface area contributed by atoms with Crippen molar-refractivity contribution in [2.75, 3.05) is 72.7 Å². The number of hydrogen-bond acceptors (Lipinski definition) is 12. The summed E-state index contributed by atoms with van der Waals surface area (Å²) in [6, 6.07) is 10.7. The minimum absolute atomic E-state index is 0.00601. The molecular weight excluding hydrogens is 560 g/mol. The molecule has 1 amide bonds. The first-order valence-electron chi connectivity index (χ1n) is 13.7. The fourth-order valence-electron chi connectivity index (χ4n) is 4.70. The number of nitrogens with zero attached hydrogens (tertiary/aromatic N) is 6. The van der Waals surface area contributed by atoms with E-state index in [0.29, 0.717) is 35.1 Å². The van der Waals surface area contributed by atoms with Crippen molar-refractivity contribution in [3.8, 4) is 11.6 Å². The fraction of sp³-hybridized carbons (Fsp3) is 0.429. The summed E-state index contributed by atoms with van der Waals surface area (Å²) in [5, 5.41) is 3.16. The maximum Gasteiger partial charge on any atom is 0.276 e. The lowest BCUT2D eigenvalue weighted by Gasteiger charge is -2.37. The maximum atomic E-state index is 13.5. The molecule has 2 aromatic heterocycles. The number of nitrogens with one attached hydrogen (secondary N) is 1. The molecule has 3 aromatic rings. The van der Waals surface area contributed by atoms with Crippen molar-refractivity contribution in [1.82, 2.24) is 19.9 Å². The molecule has 224 valence electrons. The van der Waals surface area contributed by atoms with E-state index in [0.717, 1.165) is 32.0 Å². The second-order valence-corrected chi connectivity index (χ2v) is 13.3. The van der Waals surface area contributed by atoms with Gasteiger partial charge in [0.2, 0.25) is 11.8 Å². The zero-order valence-electron chi connectivity index (χ0n) is 24.2. The summed E-state index contributed by atoms with van der Waals surface area (Å²) in [6.07, 6.45) is 3.03. The van der Waals surface area contributed by atoms with Crippen molar-refractivity contribution in [3.05, 3.63) is 42.6 Å². The summed E-state index contributed by atoms with van der Waals surface area (Å²) in [4.78, 5) is 33.2. The zero-order chi connectivity index (χ0) is 30.1. The molecule has 5 rings (SSSR count). The molecule has 4 heterocycles. The Bertz CT molecular complexity index is 1570. The highest BCUT2D eigenvalue weighted by Crippen LogP contribution is 2.41. The number of anilines is 6. The number of amides is 1. The molecule has 2 aliphatic heterocycles. The number of ether oxygens (including phenoxy) is 2. The van der Waals surface area contributed by atoms with E-state index in [1.54, 1.807) is 38.1 Å². The van der Waals surface area contributed by atoms with Gasteiger partial charge >= 0.3 is 0 Å². The molecule has 0 radical (unpaired) electrons. The van der Waals surface area contributed by atoms with Crippen LogP contribution >= 0.6 is 0 Å². The SMILES string of the molecule is CN1CCN(c2ccc(Nc3ncc4c(n3)N(c3cccc(N)c3)C(=O)C(C)(C)O4)c(OCCCS(C)(=O)=O)n2)CC1. The number of carbonyl (C=O) groups excluding carboxylic acids is 1. The van der Waals surface area contributed by atoms with Gasteiger partial charge in [0.1, 0.15) is 21.3 Å². The molecule has 0 atom stereocenters. The predicted octanol–water partition coefficient (Wildman–Crippen LogP) is 2.60. The molecule has 3 N–H and O–H groups in total. The van der Waals surface area contributed by atoms with Gasteiger partial charge in [0.15, 0.2) is 17.2 Å². The van der Waals surface area contributed by atoms with Crippen LogP contribution in [-0.4, -0.2) is 91.6 Å². The Morgan fingerprint density at radius 3 is 2.60 bits per heavy atom. The lowest BCUT2D eigenvalue weighted by atomic mass is 10.0. The van der Waals surface area contributed by atoms with Crippen molar-refractivity contribution in [1.29, 1.82) is 0 Å². The van der Waals surface area contributed by atoms with E-state index >= 15 is 0 Å². The summed E-state index contributed by atoms with van der Waals surface area (Å²) in [5.41, 5.74) is 6.42. The van der Waals surface area contributed by atoms with Crippen LogP contribution in [-0.2, 0) is 14.6 Å². The molecule has 13 nitrogen and oxygen atoms in total. The number of nitrogen functional groups attached to an aromatic ring is 1. The number of likely N-dealkylation sites (N-methyl/N-ethyl adjacent to an activating group) is 1. The summed E-state index contributed by atoms with van der Waals surface area (Å²) >= 11 is 0. The molecule has 0 aliphatic carbocycles. The number of fused-ring (bicyclic) bond motifs is 1. The molecule has 0 spiro atoms. The highest BCUT2D eigenvalue weighted by Gasteiger charge is 2.43. The number of hydrogen-bond donors (Lipinski definition) is 2. The molecule has 2 aliphatic rings. The number of pyridine rings is 1. The van der Waals surface area contributed by atoms with Crippen LogP contribution in [0.5, 0.6) is 11.6 Å². The van der Waals surface area contributed by atoms with E-state index in [2.05, 4.69) is 32.1 Å². The number of aromatic nitrogens is 3. The van der Waals surface area contributed by atoms with Crippen LogP contribution in [0, 0.1) is 0 Å². The Hall–Kier alpha value is -4.17. The van der Waals surface area contributed by atoms with Gasteiger partial charge in [0.05, 0.1) is 24.2 Å². The van der Waals surface area contributed by atoms with Crippen LogP contribution in [0.4, 0.5) is 34.6 Å². The standard InChI is InChI=1S/C28H36N8O5S/c1-28(2)26(37)36(20-8-5-7-19(29)17-20)24-22(41-28)18-30-27(33-24)31-21-9-10-23(35-13-11-34(3)12-14-35)32-25(21)40-15-6-16-42(4,38)39/h5,7-10,17-18H,6,11-16,29H2,1-4H3,(H,30,31,33). The predicted molar refractivity (Wildman–Crippen MR) is 162 cm³/mol. The van der Waals surface area contributed by atoms with E-state index in [1.165, 1.54) is 17.4 Å². The summed E-state index contributed by atoms with van der Waals surface area (Å²) in [5.74, 6) is 1.54. The lowest BCUT2D eigenvalue weighted by molar-refractivity contribution is -0.131. The number of rotatable bonds is 9. The van der Waals surface area contributed by atoms with Crippen molar-refractivity contribution in [2.45, 2.75) is 25.9 Å². The average molecular weight is 597 g/mol. The quantitative estimate of drug-likeness (QED) is 0.275. The molecule has 0 bridgehead atoms. The van der Waals surface area contributed by atoms with Gasteiger partial charge < -0.3 is 30.3 Å². The van der Waals surface area contributed by atoms with E-state index < -0.39 is 15.4 Å². The van der Waals surface area contributed by atoms with Crippen molar-refractivity contribution >= 4 is 50.4 Å². The zero-order valence-corrected chi connectivity index (χ0v) is 25.0. The van der Waals surface area contributed by atoms with Crippen molar-refractivity contribution < 1.29 is 22.7 Å². The Kier molecular flexibility index (Phi) is 8.10. The Morgan fingerprint density at radius 1 is 1.12 bits per heavy atom. The number of nitrogens with two attached hydrogens (primary N) is 1. The summed E-state index contributed by atoms with van der Waals surface area (Å²) in [6.45, 7) is 7.00. The number of sulfone groups is 1. The van der Waals surface area contributed by atoms with Gasteiger partial charge in [-0.1, -0.05) is 6.07 Å². The normalized spacial score (nSPS) is 17.0. The average Bonchev–Trinajstić information content (AvgIpc) is 2.92. The minimum Gasteiger partial charge on any atom is -0.476 e. The molecule has 1 fully saturated rings. The van der Waals surface area contributed by atoms with Crippen LogP contribution < -0.4 is 30.3 Å². The van der Waals surface area contributed by atoms with E-state index in [-0.39, 0.29) is 30.0 Å². The van der Waals surface area contributed by atoms with Crippen LogP contribution in [0.25, 0.3) is 0 Å².